The van der Waals surface area contributed by atoms with Crippen molar-refractivity contribution in [1.29, 1.82) is 0 Å². The highest BCUT2D eigenvalue weighted by atomic mass is 19.4. The lowest BCUT2D eigenvalue weighted by Gasteiger charge is -2.30. The molecule has 0 heterocycles. The summed E-state index contributed by atoms with van der Waals surface area (Å²) in [7, 11) is 0. The minimum absolute atomic E-state index is 0.0315. The molecule has 5 N–H and O–H groups in total. The molecule has 0 bridgehead atoms. The standard InChI is InChI=1S/C20H31F3N4O2/c1-2-3-4-8-12-26-19(29)27-16(14-17(24)28)18(20(21,22)23)25-13-11-15-9-6-5-7-10-15/h5-7,9-10,16,18,25H,2-4,8,11-14H2,1H3,(H2,24,28)(H2,26,27,29)/t16-,18?/m1/s1. The van der Waals surface area contributed by atoms with Crippen molar-refractivity contribution in [2.45, 2.75) is 63.7 Å². The molecule has 0 saturated carbocycles. The van der Waals surface area contributed by atoms with Gasteiger partial charge in [0.15, 0.2) is 0 Å². The van der Waals surface area contributed by atoms with Crippen molar-refractivity contribution in [3.63, 3.8) is 0 Å². The molecule has 164 valence electrons. The zero-order valence-corrected chi connectivity index (χ0v) is 16.7. The molecule has 3 amide bonds. The average molecular weight is 416 g/mol. The Morgan fingerprint density at radius 1 is 1.07 bits per heavy atom. The topological polar surface area (TPSA) is 96.2 Å². The largest absolute Gasteiger partial charge is 0.405 e. The first-order valence-electron chi connectivity index (χ1n) is 9.90. The summed E-state index contributed by atoms with van der Waals surface area (Å²) in [5.74, 6) is -0.919. The highest BCUT2D eigenvalue weighted by molar-refractivity contribution is 5.78. The lowest BCUT2D eigenvalue weighted by atomic mass is 10.0. The SMILES string of the molecule is CCCCCCNC(=O)N[C@H](CC(N)=O)C(NCCc1ccccc1)C(F)(F)F. The third-order valence-corrected chi connectivity index (χ3v) is 4.43. The van der Waals surface area contributed by atoms with E-state index in [1.165, 1.54) is 0 Å². The Hall–Kier alpha value is -2.29. The highest BCUT2D eigenvalue weighted by Gasteiger charge is 2.45. The number of halogens is 3. The molecule has 0 aliphatic carbocycles. The van der Waals surface area contributed by atoms with Crippen LogP contribution in [0.2, 0.25) is 0 Å². The fourth-order valence-corrected chi connectivity index (χ4v) is 2.94. The molecule has 0 aliphatic heterocycles. The van der Waals surface area contributed by atoms with E-state index >= 15 is 0 Å². The van der Waals surface area contributed by atoms with Gasteiger partial charge in [0.05, 0.1) is 6.04 Å². The third kappa shape index (κ3) is 10.7. The summed E-state index contributed by atoms with van der Waals surface area (Å²) in [6, 6.07) is 4.72. The number of unbranched alkanes of at least 4 members (excludes halogenated alkanes) is 3. The fourth-order valence-electron chi connectivity index (χ4n) is 2.94. The van der Waals surface area contributed by atoms with Gasteiger partial charge < -0.3 is 21.7 Å². The fraction of sp³-hybridized carbons (Fsp3) is 0.600. The van der Waals surface area contributed by atoms with Crippen LogP contribution in [0.5, 0.6) is 0 Å². The molecule has 1 aromatic rings. The number of carbonyl (C=O) groups excluding carboxylic acids is 2. The second-order valence-corrected chi connectivity index (χ2v) is 6.95. The molecule has 0 saturated heterocycles. The lowest BCUT2D eigenvalue weighted by molar-refractivity contribution is -0.162. The van der Waals surface area contributed by atoms with E-state index in [9.17, 15) is 22.8 Å². The van der Waals surface area contributed by atoms with E-state index < -0.39 is 36.6 Å². The van der Waals surface area contributed by atoms with Gasteiger partial charge in [0.2, 0.25) is 5.91 Å². The Balaban J connectivity index is 2.68. The molecule has 0 spiro atoms. The molecule has 29 heavy (non-hydrogen) atoms. The van der Waals surface area contributed by atoms with E-state index in [4.69, 9.17) is 5.73 Å². The lowest BCUT2D eigenvalue weighted by Crippen LogP contribution is -2.59. The summed E-state index contributed by atoms with van der Waals surface area (Å²) in [5, 5.41) is 7.23. The van der Waals surface area contributed by atoms with Crippen molar-refractivity contribution in [2.75, 3.05) is 13.1 Å². The van der Waals surface area contributed by atoms with Gasteiger partial charge in [0.1, 0.15) is 6.04 Å². The van der Waals surface area contributed by atoms with Crippen LogP contribution >= 0.6 is 0 Å². The van der Waals surface area contributed by atoms with Crippen LogP contribution in [0.25, 0.3) is 0 Å². The van der Waals surface area contributed by atoms with Crippen LogP contribution in [0.1, 0.15) is 44.6 Å². The van der Waals surface area contributed by atoms with Gasteiger partial charge >= 0.3 is 12.2 Å². The van der Waals surface area contributed by atoms with E-state index in [1.807, 2.05) is 18.2 Å². The number of urea groups is 1. The van der Waals surface area contributed by atoms with E-state index in [2.05, 4.69) is 22.9 Å². The van der Waals surface area contributed by atoms with Crippen LogP contribution < -0.4 is 21.7 Å². The number of carbonyl (C=O) groups is 2. The minimum Gasteiger partial charge on any atom is -0.370 e. The first-order chi connectivity index (χ1) is 13.7. The maximum atomic E-state index is 13.6. The molecule has 0 aliphatic rings. The maximum Gasteiger partial charge on any atom is 0.405 e. The van der Waals surface area contributed by atoms with Crippen LogP contribution in [0, 0.1) is 0 Å². The zero-order valence-electron chi connectivity index (χ0n) is 16.7. The van der Waals surface area contributed by atoms with Gasteiger partial charge in [-0.2, -0.15) is 13.2 Å². The highest BCUT2D eigenvalue weighted by Crippen LogP contribution is 2.24. The Kier molecular flexibility index (Phi) is 11.1. The summed E-state index contributed by atoms with van der Waals surface area (Å²) < 4.78 is 40.8. The Morgan fingerprint density at radius 2 is 1.76 bits per heavy atom. The molecule has 0 aromatic heterocycles. The number of alkyl halides is 3. The number of benzene rings is 1. The predicted octanol–water partition coefficient (Wildman–Crippen LogP) is 2.87. The molecular formula is C20H31F3N4O2. The minimum atomic E-state index is -4.66. The zero-order chi connectivity index (χ0) is 21.7. The van der Waals surface area contributed by atoms with Crippen LogP contribution in [0.4, 0.5) is 18.0 Å². The maximum absolute atomic E-state index is 13.6. The van der Waals surface area contributed by atoms with Gasteiger partial charge in [0.25, 0.3) is 0 Å². The summed E-state index contributed by atoms with van der Waals surface area (Å²) in [5.41, 5.74) is 6.00. The first kappa shape index (κ1) is 24.7. The number of nitrogens with one attached hydrogen (secondary N) is 3. The number of amides is 3. The smallest absolute Gasteiger partial charge is 0.370 e. The van der Waals surface area contributed by atoms with Gasteiger partial charge in [-0.1, -0.05) is 56.5 Å². The van der Waals surface area contributed by atoms with Crippen LogP contribution in [-0.4, -0.2) is 43.3 Å². The Bertz CT molecular complexity index is 611. The number of hydrogen-bond acceptors (Lipinski definition) is 3. The average Bonchev–Trinajstić information content (AvgIpc) is 2.64. The molecule has 2 atom stereocenters. The number of rotatable bonds is 13. The first-order valence-corrected chi connectivity index (χ1v) is 9.90. The molecule has 1 rings (SSSR count). The second kappa shape index (κ2) is 13.0. The van der Waals surface area contributed by atoms with Crippen LogP contribution in [0.15, 0.2) is 30.3 Å². The number of primary amides is 1. The molecular weight excluding hydrogens is 385 g/mol. The van der Waals surface area contributed by atoms with Gasteiger partial charge in [-0.05, 0) is 24.9 Å². The van der Waals surface area contributed by atoms with Gasteiger partial charge in [0, 0.05) is 13.0 Å². The molecule has 1 unspecified atom stereocenters. The molecule has 0 radical (unpaired) electrons. The quantitative estimate of drug-likeness (QED) is 0.372. The van der Waals surface area contributed by atoms with Crippen LogP contribution in [0.3, 0.4) is 0 Å². The van der Waals surface area contributed by atoms with Crippen molar-refractivity contribution in [3.8, 4) is 0 Å². The predicted molar refractivity (Wildman–Crippen MR) is 106 cm³/mol. The van der Waals surface area contributed by atoms with Crippen molar-refractivity contribution in [2.24, 2.45) is 5.73 Å². The normalized spacial score (nSPS) is 13.5. The molecule has 9 heteroatoms. The molecule has 1 aromatic carbocycles. The Morgan fingerprint density at radius 3 is 2.34 bits per heavy atom. The second-order valence-electron chi connectivity index (χ2n) is 6.95. The van der Waals surface area contributed by atoms with E-state index in [-0.39, 0.29) is 6.54 Å². The van der Waals surface area contributed by atoms with Crippen molar-refractivity contribution >= 4 is 11.9 Å². The summed E-state index contributed by atoms with van der Waals surface area (Å²) in [6.07, 6.45) is -1.19. The van der Waals surface area contributed by atoms with Gasteiger partial charge in [-0.3, -0.25) is 4.79 Å². The summed E-state index contributed by atoms with van der Waals surface area (Å²) in [4.78, 5) is 23.3. The summed E-state index contributed by atoms with van der Waals surface area (Å²) >= 11 is 0. The van der Waals surface area contributed by atoms with Crippen LogP contribution in [-0.2, 0) is 11.2 Å². The van der Waals surface area contributed by atoms with Gasteiger partial charge in [-0.15, -0.1) is 0 Å². The number of hydrogen-bond donors (Lipinski definition) is 4. The number of nitrogens with two attached hydrogens (primary N) is 1. The van der Waals surface area contributed by atoms with E-state index in [0.29, 0.717) is 13.0 Å². The monoisotopic (exact) mass is 416 g/mol. The van der Waals surface area contributed by atoms with E-state index in [1.54, 1.807) is 12.1 Å². The summed E-state index contributed by atoms with van der Waals surface area (Å²) in [6.45, 7) is 2.44. The van der Waals surface area contributed by atoms with Gasteiger partial charge in [-0.25, -0.2) is 4.79 Å². The van der Waals surface area contributed by atoms with Crippen molar-refractivity contribution in [3.05, 3.63) is 35.9 Å². The van der Waals surface area contributed by atoms with Crippen molar-refractivity contribution in [1.82, 2.24) is 16.0 Å². The Labute approximate surface area is 169 Å². The third-order valence-electron chi connectivity index (χ3n) is 4.43. The van der Waals surface area contributed by atoms with Crippen molar-refractivity contribution < 1.29 is 22.8 Å². The molecule has 0 fully saturated rings. The molecule has 6 nitrogen and oxygen atoms in total. The van der Waals surface area contributed by atoms with E-state index in [0.717, 1.165) is 31.2 Å².